The molecule has 2 atom stereocenters. The lowest BCUT2D eigenvalue weighted by atomic mass is 10.0. The first kappa shape index (κ1) is 16.9. The van der Waals surface area contributed by atoms with Crippen molar-refractivity contribution in [1.29, 1.82) is 0 Å². The van der Waals surface area contributed by atoms with Crippen LogP contribution < -0.4 is 0 Å². The van der Waals surface area contributed by atoms with Crippen molar-refractivity contribution < 1.29 is 23.1 Å². The quantitative estimate of drug-likeness (QED) is 0.861. The Morgan fingerprint density at radius 3 is 2.71 bits per heavy atom. The van der Waals surface area contributed by atoms with Gasteiger partial charge in [0.25, 0.3) is 5.91 Å². The molecule has 1 aromatic heterocycles. The molecule has 3 rings (SSSR count). The third kappa shape index (κ3) is 3.27. The van der Waals surface area contributed by atoms with Gasteiger partial charge in [-0.05, 0) is 30.2 Å². The fourth-order valence-electron chi connectivity index (χ4n) is 2.92. The van der Waals surface area contributed by atoms with Gasteiger partial charge in [-0.25, -0.2) is 0 Å². The molecule has 24 heavy (non-hydrogen) atoms. The van der Waals surface area contributed by atoms with Crippen LogP contribution in [0.3, 0.4) is 0 Å². The number of aromatic amines is 1. The number of likely N-dealkylation sites (tertiary alicyclic amines) is 1. The second kappa shape index (κ2) is 6.14. The van der Waals surface area contributed by atoms with Crippen LogP contribution >= 0.6 is 11.6 Å². The molecule has 0 unspecified atom stereocenters. The van der Waals surface area contributed by atoms with Gasteiger partial charge in [0.1, 0.15) is 5.69 Å². The number of halogens is 4. The van der Waals surface area contributed by atoms with Gasteiger partial charge >= 0.3 is 6.18 Å². The number of nitrogens with zero attached hydrogens (tertiary/aromatic N) is 1. The minimum absolute atomic E-state index is 0.0520. The summed E-state index contributed by atoms with van der Waals surface area (Å²) in [4.78, 5) is 16.7. The second-order valence-electron chi connectivity index (χ2n) is 5.72. The van der Waals surface area contributed by atoms with Gasteiger partial charge in [0.15, 0.2) is 0 Å². The van der Waals surface area contributed by atoms with E-state index in [2.05, 4.69) is 4.98 Å². The van der Waals surface area contributed by atoms with E-state index in [9.17, 15) is 23.1 Å². The largest absolute Gasteiger partial charge is 0.416 e. The zero-order valence-electron chi connectivity index (χ0n) is 12.3. The molecule has 1 aromatic carbocycles. The highest BCUT2D eigenvalue weighted by Crippen LogP contribution is 2.36. The van der Waals surface area contributed by atoms with Gasteiger partial charge in [0.05, 0.1) is 22.7 Å². The number of hydrogen-bond acceptors (Lipinski definition) is 2. The number of rotatable bonds is 2. The van der Waals surface area contributed by atoms with Gasteiger partial charge < -0.3 is 15.0 Å². The number of alkyl halides is 3. The number of amides is 1. The Bertz CT molecular complexity index is 760. The molecule has 1 amide bonds. The van der Waals surface area contributed by atoms with Crippen molar-refractivity contribution in [2.75, 3.05) is 6.54 Å². The number of benzene rings is 1. The van der Waals surface area contributed by atoms with Crippen molar-refractivity contribution in [3.63, 3.8) is 0 Å². The van der Waals surface area contributed by atoms with Crippen LogP contribution in [0.1, 0.15) is 34.1 Å². The first-order valence-electron chi connectivity index (χ1n) is 7.26. The maximum atomic E-state index is 12.9. The maximum Gasteiger partial charge on any atom is 0.416 e. The van der Waals surface area contributed by atoms with E-state index in [1.54, 1.807) is 0 Å². The van der Waals surface area contributed by atoms with E-state index in [4.69, 9.17) is 11.6 Å². The van der Waals surface area contributed by atoms with E-state index in [0.717, 1.165) is 12.1 Å². The topological polar surface area (TPSA) is 56.3 Å². The first-order chi connectivity index (χ1) is 11.3. The highest BCUT2D eigenvalue weighted by Gasteiger charge is 2.38. The van der Waals surface area contributed by atoms with E-state index in [0.29, 0.717) is 10.6 Å². The molecule has 2 heterocycles. The van der Waals surface area contributed by atoms with E-state index < -0.39 is 29.8 Å². The lowest BCUT2D eigenvalue weighted by Crippen LogP contribution is -2.32. The molecule has 4 nitrogen and oxygen atoms in total. The first-order valence-corrected chi connectivity index (χ1v) is 7.63. The van der Waals surface area contributed by atoms with Crippen LogP contribution in [0.4, 0.5) is 13.2 Å². The van der Waals surface area contributed by atoms with Gasteiger partial charge in [-0.15, -0.1) is 0 Å². The lowest BCUT2D eigenvalue weighted by molar-refractivity contribution is -0.137. The summed E-state index contributed by atoms with van der Waals surface area (Å²) >= 11 is 5.79. The number of carbonyl (C=O) groups is 1. The molecule has 0 radical (unpaired) electrons. The molecule has 1 saturated heterocycles. The van der Waals surface area contributed by atoms with Gasteiger partial charge in [-0.1, -0.05) is 23.7 Å². The Labute approximate surface area is 140 Å². The zero-order valence-corrected chi connectivity index (χ0v) is 13.1. The van der Waals surface area contributed by atoms with Gasteiger partial charge in [0.2, 0.25) is 0 Å². The number of nitrogens with one attached hydrogen (secondary N) is 1. The van der Waals surface area contributed by atoms with Crippen LogP contribution in [-0.2, 0) is 6.18 Å². The number of carbonyl (C=O) groups excluding carboxylic acids is 1. The summed E-state index contributed by atoms with van der Waals surface area (Å²) in [5.41, 5.74) is -0.213. The third-order valence-electron chi connectivity index (χ3n) is 4.02. The predicted molar refractivity (Wildman–Crippen MR) is 81.6 cm³/mol. The number of H-pyrrole nitrogens is 1. The van der Waals surface area contributed by atoms with Crippen molar-refractivity contribution in [3.8, 4) is 0 Å². The molecule has 0 spiro atoms. The summed E-state index contributed by atoms with van der Waals surface area (Å²) in [7, 11) is 0. The van der Waals surface area contributed by atoms with Crippen molar-refractivity contribution in [2.24, 2.45) is 0 Å². The minimum Gasteiger partial charge on any atom is -0.391 e. The van der Waals surface area contributed by atoms with Crippen LogP contribution in [-0.4, -0.2) is 33.5 Å². The summed E-state index contributed by atoms with van der Waals surface area (Å²) in [6.45, 7) is 0.0520. The fourth-order valence-corrected chi connectivity index (χ4v) is 3.09. The monoisotopic (exact) mass is 358 g/mol. The van der Waals surface area contributed by atoms with Crippen LogP contribution in [0, 0.1) is 0 Å². The predicted octanol–water partition coefficient (Wildman–Crippen LogP) is 3.64. The van der Waals surface area contributed by atoms with Gasteiger partial charge in [-0.2, -0.15) is 13.2 Å². The normalized spacial score (nSPS) is 21.3. The Kier molecular flexibility index (Phi) is 4.31. The number of aromatic nitrogens is 1. The molecule has 2 aromatic rings. The Morgan fingerprint density at radius 1 is 1.33 bits per heavy atom. The fraction of sp³-hybridized carbons (Fsp3) is 0.312. The maximum absolute atomic E-state index is 12.9. The van der Waals surface area contributed by atoms with Crippen molar-refractivity contribution in [1.82, 2.24) is 9.88 Å². The summed E-state index contributed by atoms with van der Waals surface area (Å²) in [6, 6.07) is 5.64. The van der Waals surface area contributed by atoms with E-state index in [1.165, 1.54) is 29.3 Å². The summed E-state index contributed by atoms with van der Waals surface area (Å²) in [6.07, 6.45) is -3.63. The molecule has 0 bridgehead atoms. The van der Waals surface area contributed by atoms with Crippen molar-refractivity contribution >= 4 is 17.5 Å². The molecule has 128 valence electrons. The van der Waals surface area contributed by atoms with E-state index >= 15 is 0 Å². The Hall–Kier alpha value is -1.99. The van der Waals surface area contributed by atoms with Crippen LogP contribution in [0.25, 0.3) is 0 Å². The summed E-state index contributed by atoms with van der Waals surface area (Å²) in [5, 5.41) is 10.3. The minimum atomic E-state index is -4.46. The molecule has 0 saturated carbocycles. The number of aliphatic hydroxyl groups excluding tert-OH is 1. The molecule has 1 fully saturated rings. The SMILES string of the molecule is O=C(c1cc(Cl)c[nH]1)N1C[C@H](O)C[C@@H]1c1cccc(C(F)(F)F)c1. The Balaban J connectivity index is 1.92. The average molecular weight is 359 g/mol. The average Bonchev–Trinajstić information content (AvgIpc) is 3.12. The molecular weight excluding hydrogens is 345 g/mol. The lowest BCUT2D eigenvalue weighted by Gasteiger charge is -2.25. The molecule has 0 aliphatic carbocycles. The van der Waals surface area contributed by atoms with E-state index in [-0.39, 0.29) is 18.7 Å². The van der Waals surface area contributed by atoms with Gasteiger partial charge in [0, 0.05) is 12.7 Å². The molecule has 1 aliphatic rings. The van der Waals surface area contributed by atoms with Gasteiger partial charge in [-0.3, -0.25) is 4.79 Å². The number of hydrogen-bond donors (Lipinski definition) is 2. The standard InChI is InChI=1S/C16H14ClF3N2O2/c17-11-5-13(21-7-11)15(24)22-8-12(23)6-14(22)9-2-1-3-10(4-9)16(18,19)20/h1-5,7,12,14,21,23H,6,8H2/t12-,14-/m1/s1. The van der Waals surface area contributed by atoms with Crippen molar-refractivity contribution in [3.05, 3.63) is 58.4 Å². The second-order valence-corrected chi connectivity index (χ2v) is 6.15. The van der Waals surface area contributed by atoms with Crippen LogP contribution in [0.15, 0.2) is 36.5 Å². The smallest absolute Gasteiger partial charge is 0.391 e. The summed E-state index contributed by atoms with van der Waals surface area (Å²) in [5.74, 6) is -0.416. The Morgan fingerprint density at radius 2 is 2.08 bits per heavy atom. The third-order valence-corrected chi connectivity index (χ3v) is 4.24. The molecule has 2 N–H and O–H groups in total. The molecular formula is C16H14ClF3N2O2. The highest BCUT2D eigenvalue weighted by atomic mass is 35.5. The number of aliphatic hydroxyl groups is 1. The zero-order chi connectivity index (χ0) is 17.5. The van der Waals surface area contributed by atoms with E-state index in [1.807, 2.05) is 0 Å². The number of β-amino-alcohol motifs (C(OH)–C–C–N with tert-alkyl or cyclic N) is 1. The highest BCUT2D eigenvalue weighted by molar-refractivity contribution is 6.30. The van der Waals surface area contributed by atoms with Crippen molar-refractivity contribution in [2.45, 2.75) is 24.7 Å². The summed E-state index contributed by atoms with van der Waals surface area (Å²) < 4.78 is 38.7. The van der Waals surface area contributed by atoms with Crippen LogP contribution in [0.2, 0.25) is 5.02 Å². The molecule has 8 heteroatoms. The van der Waals surface area contributed by atoms with Crippen LogP contribution in [0.5, 0.6) is 0 Å². The molecule has 1 aliphatic heterocycles.